The number of anilines is 1. The van der Waals surface area contributed by atoms with Gasteiger partial charge in [-0.25, -0.2) is 15.0 Å². The van der Waals surface area contributed by atoms with E-state index in [1.807, 2.05) is 18.2 Å². The van der Waals surface area contributed by atoms with Crippen LogP contribution in [0, 0.1) is 35.7 Å². The molecule has 1 fully saturated rings. The van der Waals surface area contributed by atoms with Crippen LogP contribution in [0.2, 0.25) is 0 Å². The number of rotatable bonds is 8. The fourth-order valence-electron chi connectivity index (χ4n) is 7.70. The molecule has 4 aromatic rings. The Hall–Kier alpha value is -5.68. The van der Waals surface area contributed by atoms with Gasteiger partial charge in [-0.3, -0.25) is 4.79 Å². The smallest absolute Gasteiger partial charge is 0.318 e. The first-order valence-corrected chi connectivity index (χ1v) is 18.4. The summed E-state index contributed by atoms with van der Waals surface area (Å²) in [5, 5.41) is 13.0. The Morgan fingerprint density at radius 3 is 2.81 bits per heavy atom. The van der Waals surface area contributed by atoms with Gasteiger partial charge >= 0.3 is 11.9 Å². The second-order valence-electron chi connectivity index (χ2n) is 15.1. The van der Waals surface area contributed by atoms with E-state index in [-0.39, 0.29) is 29.5 Å². The second kappa shape index (κ2) is 14.4. The molecule has 2 aromatic heterocycles. The zero-order valence-corrected chi connectivity index (χ0v) is 30.3. The number of ether oxygens (including phenoxy) is 2. The van der Waals surface area contributed by atoms with Crippen molar-refractivity contribution in [3.8, 4) is 11.9 Å². The molecule has 1 saturated carbocycles. The molecule has 2 unspecified atom stereocenters. The molecule has 266 valence electrons. The summed E-state index contributed by atoms with van der Waals surface area (Å²) >= 11 is 0. The molecule has 2 aliphatic heterocycles. The van der Waals surface area contributed by atoms with Crippen LogP contribution in [-0.4, -0.2) is 45.5 Å². The predicted molar refractivity (Wildman–Crippen MR) is 205 cm³/mol. The van der Waals surface area contributed by atoms with Crippen molar-refractivity contribution in [3.63, 3.8) is 0 Å². The lowest BCUT2D eigenvalue weighted by molar-refractivity contribution is -0.124. The highest BCUT2D eigenvalue weighted by Gasteiger charge is 2.36. The van der Waals surface area contributed by atoms with Crippen LogP contribution in [-0.2, 0) is 22.4 Å². The number of fused-ring (bicyclic) bond motifs is 5. The Balaban J connectivity index is 1.16. The topological polar surface area (TPSA) is 124 Å². The molecule has 0 spiro atoms. The summed E-state index contributed by atoms with van der Waals surface area (Å²) in [4.78, 5) is 27.8. The average Bonchev–Trinajstić information content (AvgIpc) is 4.02. The number of carbonyl (C=O) groups excluding carboxylic acids is 1. The van der Waals surface area contributed by atoms with Gasteiger partial charge in [0.05, 0.1) is 23.2 Å². The molecule has 8 rings (SSSR count). The van der Waals surface area contributed by atoms with Gasteiger partial charge in [-0.05, 0) is 78.0 Å². The van der Waals surface area contributed by atoms with Gasteiger partial charge < -0.3 is 14.8 Å². The number of allylic oxidation sites excluding steroid dienone is 3. The summed E-state index contributed by atoms with van der Waals surface area (Å²) in [6, 6.07) is 20.2. The summed E-state index contributed by atoms with van der Waals surface area (Å²) in [5.74, 6) is 0.677. The first-order chi connectivity index (χ1) is 25.8. The van der Waals surface area contributed by atoms with Crippen LogP contribution in [0.4, 0.5) is 5.82 Å². The van der Waals surface area contributed by atoms with E-state index in [2.05, 4.69) is 89.6 Å². The molecule has 1 amide bonds. The lowest BCUT2D eigenvalue weighted by Crippen LogP contribution is -2.38. The van der Waals surface area contributed by atoms with Crippen molar-refractivity contribution in [2.45, 2.75) is 71.3 Å². The zero-order chi connectivity index (χ0) is 36.5. The third-order valence-electron chi connectivity index (χ3n) is 10.6. The number of nitrogens with one attached hydrogen (secondary N) is 1. The van der Waals surface area contributed by atoms with Gasteiger partial charge in [0.1, 0.15) is 23.8 Å². The molecular formula is C44H42N6O3. The van der Waals surface area contributed by atoms with Crippen molar-refractivity contribution in [2.24, 2.45) is 11.3 Å². The molecule has 9 nitrogen and oxygen atoms in total. The van der Waals surface area contributed by atoms with Crippen LogP contribution in [0.3, 0.4) is 0 Å². The molecule has 4 aliphatic rings. The lowest BCUT2D eigenvalue weighted by Gasteiger charge is -2.47. The predicted octanol–water partition coefficient (Wildman–Crippen LogP) is 7.03. The SMILES string of the molecule is Cc1c2cccc1C1=CC=CCC1[C-](CC(Oc1ncnc3c1C=[N+]=C(c1c(C#N)cccc1C1CC1)C3)C(=O)Nc1ccccn1)OCC(C)(C)C2. The van der Waals surface area contributed by atoms with Crippen molar-refractivity contribution in [2.75, 3.05) is 11.9 Å². The molecule has 1 N–H and O–H groups in total. The molecular weight excluding hydrogens is 661 g/mol. The number of hydrogen-bond donors (Lipinski definition) is 1. The molecule has 9 heteroatoms. The normalized spacial score (nSPS) is 19.5. The maximum Gasteiger partial charge on any atom is 0.318 e. The standard InChI is InChI=1S/C44H42N6O3/c1-27-29-10-8-14-31(27)33-12-4-5-13-34(33)38(52-25-44(2,3)22-29)21-39(42(51)50-40-16-6-7-19-46-40)53-43-35-24-47-37(20-36(35)48-26-49-43)41-30(23-45)11-9-15-32(41)28-17-18-28/h4-12,14-16,19,24,26,28,34,39H,13,17-18,20-22,25H2,1-3H3,(H,46,50,51). The highest BCUT2D eigenvalue weighted by Crippen LogP contribution is 2.44. The van der Waals surface area contributed by atoms with Crippen LogP contribution in [0.15, 0.2) is 85.3 Å². The maximum absolute atomic E-state index is 14.2. The average molecular weight is 703 g/mol. The van der Waals surface area contributed by atoms with Gasteiger partial charge in [0.2, 0.25) is 5.88 Å². The quantitative estimate of drug-likeness (QED) is 0.155. The van der Waals surface area contributed by atoms with Gasteiger partial charge in [-0.2, -0.15) is 11.4 Å². The summed E-state index contributed by atoms with van der Waals surface area (Å²) in [6.45, 7) is 7.13. The Bertz CT molecular complexity index is 2240. The van der Waals surface area contributed by atoms with E-state index < -0.39 is 6.10 Å². The number of hydrogen-bond acceptors (Lipinski definition) is 7. The van der Waals surface area contributed by atoms with E-state index in [0.29, 0.717) is 35.9 Å². The summed E-state index contributed by atoms with van der Waals surface area (Å²) < 4.78 is 18.3. The number of aromatic nitrogens is 3. The number of nitriles is 1. The van der Waals surface area contributed by atoms with Gasteiger partial charge in [-0.15, -0.1) is 12.3 Å². The van der Waals surface area contributed by atoms with Gasteiger partial charge in [0.15, 0.2) is 6.10 Å². The fourth-order valence-corrected chi connectivity index (χ4v) is 7.70. The number of amides is 1. The molecule has 0 saturated heterocycles. The lowest BCUT2D eigenvalue weighted by atomic mass is 9.76. The molecule has 2 bridgehead atoms. The van der Waals surface area contributed by atoms with Gasteiger partial charge in [0.25, 0.3) is 5.91 Å². The Morgan fingerprint density at radius 1 is 1.13 bits per heavy atom. The zero-order valence-electron chi connectivity index (χ0n) is 30.3. The van der Waals surface area contributed by atoms with E-state index in [4.69, 9.17) is 14.1 Å². The minimum Gasteiger partial charge on any atom is -0.548 e. The summed E-state index contributed by atoms with van der Waals surface area (Å²) in [6.07, 6.45) is 15.4. The van der Waals surface area contributed by atoms with Gasteiger partial charge in [-0.1, -0.05) is 85.1 Å². The van der Waals surface area contributed by atoms with Crippen molar-refractivity contribution in [1.29, 1.82) is 5.26 Å². The number of benzene rings is 2. The Labute approximate surface area is 310 Å². The van der Waals surface area contributed by atoms with Crippen LogP contribution in [0.25, 0.3) is 5.57 Å². The number of nitrogens with zero attached hydrogens (tertiary/aromatic N) is 5. The summed E-state index contributed by atoms with van der Waals surface area (Å²) in [7, 11) is 0. The summed E-state index contributed by atoms with van der Waals surface area (Å²) in [5.41, 5.74) is 9.60. The van der Waals surface area contributed by atoms with E-state index in [9.17, 15) is 10.1 Å². The van der Waals surface area contributed by atoms with Crippen molar-refractivity contribution in [3.05, 3.63) is 136 Å². The van der Waals surface area contributed by atoms with Crippen LogP contribution in [0.5, 0.6) is 5.88 Å². The van der Waals surface area contributed by atoms with Gasteiger partial charge in [0, 0.05) is 12.8 Å². The minimum atomic E-state index is -1.02. The third kappa shape index (κ3) is 7.21. The maximum atomic E-state index is 14.2. The molecule has 4 heterocycles. The highest BCUT2D eigenvalue weighted by atomic mass is 16.5. The van der Waals surface area contributed by atoms with E-state index in [1.54, 1.807) is 24.5 Å². The Morgan fingerprint density at radius 2 is 2.00 bits per heavy atom. The van der Waals surface area contributed by atoms with Crippen LogP contribution < -0.4 is 14.7 Å². The van der Waals surface area contributed by atoms with E-state index >= 15 is 0 Å². The largest absolute Gasteiger partial charge is 0.548 e. The van der Waals surface area contributed by atoms with Crippen molar-refractivity contribution < 1.29 is 14.3 Å². The second-order valence-corrected chi connectivity index (χ2v) is 15.1. The first kappa shape index (κ1) is 34.4. The van der Waals surface area contributed by atoms with Crippen molar-refractivity contribution in [1.82, 2.24) is 19.6 Å². The highest BCUT2D eigenvalue weighted by molar-refractivity contribution is 6.09. The fraction of sp³-hybridized carbons (Fsp3) is 0.318. The molecule has 2 atom stereocenters. The van der Waals surface area contributed by atoms with E-state index in [0.717, 1.165) is 54.3 Å². The van der Waals surface area contributed by atoms with Crippen LogP contribution in [0.1, 0.15) is 90.1 Å². The first-order valence-electron chi connectivity index (χ1n) is 18.4. The molecule has 2 aliphatic carbocycles. The number of pyridine rings is 1. The van der Waals surface area contributed by atoms with Crippen LogP contribution >= 0.6 is 0 Å². The third-order valence-corrected chi connectivity index (χ3v) is 10.6. The molecule has 53 heavy (non-hydrogen) atoms. The number of carbonyl (C=O) groups is 1. The molecule has 2 aromatic carbocycles. The Kier molecular flexibility index (Phi) is 9.34. The minimum absolute atomic E-state index is 0.0875. The van der Waals surface area contributed by atoms with E-state index in [1.165, 1.54) is 28.6 Å². The van der Waals surface area contributed by atoms with Crippen molar-refractivity contribution >= 4 is 29.2 Å². The monoisotopic (exact) mass is 702 g/mol. The molecule has 0 radical (unpaired) electrons.